The monoisotopic (exact) mass is 571 g/mol. The highest BCUT2D eigenvalue weighted by molar-refractivity contribution is 7.23. The van der Waals surface area contributed by atoms with E-state index in [-0.39, 0.29) is 16.6 Å². The molecule has 0 N–H and O–H groups in total. The molecule has 0 radical (unpaired) electrons. The molecule has 0 atom stereocenters. The first-order valence-electron chi connectivity index (χ1n) is 9.79. The summed E-state index contributed by atoms with van der Waals surface area (Å²) in [4.78, 5) is 13.2. The first-order chi connectivity index (χ1) is 17.1. The van der Waals surface area contributed by atoms with Crippen LogP contribution in [0, 0.1) is 0 Å². The van der Waals surface area contributed by atoms with Crippen LogP contribution in [0.4, 0.5) is 26.3 Å². The zero-order valence-electron chi connectivity index (χ0n) is 17.2. The van der Waals surface area contributed by atoms with Crippen LogP contribution in [-0.4, -0.2) is 23.7 Å². The van der Waals surface area contributed by atoms with Gasteiger partial charge in [0.05, 0.1) is 44.2 Å². The Morgan fingerprint density at radius 3 is 1.72 bits per heavy atom. The molecule has 5 nitrogen and oxygen atoms in total. The van der Waals surface area contributed by atoms with Crippen LogP contribution in [0.2, 0.25) is 0 Å². The van der Waals surface area contributed by atoms with Crippen molar-refractivity contribution in [2.24, 2.45) is 0 Å². The summed E-state index contributed by atoms with van der Waals surface area (Å²) in [6, 6.07) is 1.46. The van der Waals surface area contributed by atoms with Gasteiger partial charge in [-0.3, -0.25) is 0 Å². The molecule has 0 spiro atoms. The Labute approximate surface area is 213 Å². The molecule has 0 aliphatic heterocycles. The highest BCUT2D eigenvalue weighted by Crippen LogP contribution is 2.48. The molecule has 0 saturated carbocycles. The topological polar surface area (TPSA) is 64.5 Å². The molecular formula is C21H7F6N5S4. The minimum atomic E-state index is -4.97. The molecule has 36 heavy (non-hydrogen) atoms. The smallest absolute Gasteiger partial charge is 0.244 e. The summed E-state index contributed by atoms with van der Waals surface area (Å²) >= 11 is 4.59. The summed E-state index contributed by atoms with van der Waals surface area (Å²) in [6.45, 7) is 0. The van der Waals surface area contributed by atoms with E-state index < -0.39 is 23.5 Å². The lowest BCUT2D eigenvalue weighted by Gasteiger charge is -2.13. The van der Waals surface area contributed by atoms with Crippen molar-refractivity contribution in [3.8, 4) is 31.7 Å². The third kappa shape index (κ3) is 3.86. The van der Waals surface area contributed by atoms with Gasteiger partial charge >= 0.3 is 12.4 Å². The molecule has 4 aromatic heterocycles. The molecule has 0 aliphatic rings. The zero-order chi connectivity index (χ0) is 25.2. The summed E-state index contributed by atoms with van der Waals surface area (Å²) in [5, 5.41) is 4.63. The second-order valence-corrected chi connectivity index (χ2v) is 10.7. The summed E-state index contributed by atoms with van der Waals surface area (Å²) in [7, 11) is 0. The van der Waals surface area contributed by atoms with Crippen LogP contribution in [0.15, 0.2) is 41.4 Å². The van der Waals surface area contributed by atoms with E-state index >= 15 is 0 Å². The largest absolute Gasteiger partial charge is 0.416 e. The molecule has 0 bridgehead atoms. The van der Waals surface area contributed by atoms with Gasteiger partial charge in [0, 0.05) is 28.7 Å². The van der Waals surface area contributed by atoms with Crippen molar-refractivity contribution in [2.75, 3.05) is 0 Å². The number of nitrogens with zero attached hydrogens (tertiary/aromatic N) is 5. The van der Waals surface area contributed by atoms with Gasteiger partial charge in [0.1, 0.15) is 26.1 Å². The molecule has 0 unspecified atom stereocenters. The average Bonchev–Trinajstić information content (AvgIpc) is 3.62. The van der Waals surface area contributed by atoms with Gasteiger partial charge in [-0.05, 0) is 18.2 Å². The number of alkyl halides is 6. The molecule has 6 rings (SSSR count). The Balaban J connectivity index is 1.71. The van der Waals surface area contributed by atoms with Gasteiger partial charge in [-0.25, -0.2) is 15.0 Å². The number of aromatic nitrogens is 5. The molecule has 2 aromatic carbocycles. The van der Waals surface area contributed by atoms with E-state index in [9.17, 15) is 26.3 Å². The number of hydrogen-bond donors (Lipinski definition) is 0. The van der Waals surface area contributed by atoms with Gasteiger partial charge < -0.3 is 0 Å². The Morgan fingerprint density at radius 1 is 0.639 bits per heavy atom. The van der Waals surface area contributed by atoms with Crippen molar-refractivity contribution in [1.29, 1.82) is 0 Å². The lowest BCUT2D eigenvalue weighted by atomic mass is 10.0. The standard InChI is InChI=1S/C21H7F6N5S4/c22-20(23,24)9-5-8(6-10(7-9)21(25,26)27)17-30-15-11(18-28-1-3-33-18)13-14(32-36-31-13)12(16(15)35-17)19-29-2-4-34-19/h1-7H. The Hall–Kier alpha value is -3.01. The quantitative estimate of drug-likeness (QED) is 0.200. The van der Waals surface area contributed by atoms with Gasteiger partial charge in [-0.1, -0.05) is 0 Å². The molecular weight excluding hydrogens is 565 g/mol. The third-order valence-electron chi connectivity index (χ3n) is 5.18. The van der Waals surface area contributed by atoms with Crippen LogP contribution in [0.5, 0.6) is 0 Å². The number of thiazole rings is 3. The van der Waals surface area contributed by atoms with Crippen molar-refractivity contribution in [2.45, 2.75) is 12.4 Å². The fourth-order valence-corrected chi connectivity index (χ4v) is 6.79. The number of halogens is 6. The van der Waals surface area contributed by atoms with Crippen LogP contribution < -0.4 is 0 Å². The van der Waals surface area contributed by atoms with Crippen LogP contribution in [0.3, 0.4) is 0 Å². The zero-order valence-corrected chi connectivity index (χ0v) is 20.4. The van der Waals surface area contributed by atoms with E-state index in [0.717, 1.165) is 23.1 Å². The second-order valence-electron chi connectivity index (χ2n) is 7.38. The molecule has 0 saturated heterocycles. The molecule has 0 fully saturated rings. The fourth-order valence-electron chi connectivity index (χ4n) is 3.69. The first-order valence-corrected chi connectivity index (χ1v) is 13.1. The first kappa shape index (κ1) is 23.4. The summed E-state index contributed by atoms with van der Waals surface area (Å²) < 4.78 is 90.3. The van der Waals surface area contributed by atoms with Gasteiger partial charge in [-0.2, -0.15) is 35.1 Å². The highest BCUT2D eigenvalue weighted by atomic mass is 32.1. The average molecular weight is 572 g/mol. The number of rotatable bonds is 3. The van der Waals surface area contributed by atoms with Crippen LogP contribution in [0.25, 0.3) is 53.0 Å². The Morgan fingerprint density at radius 2 is 1.19 bits per heavy atom. The van der Waals surface area contributed by atoms with Crippen molar-refractivity contribution in [3.05, 3.63) is 52.5 Å². The van der Waals surface area contributed by atoms with Crippen molar-refractivity contribution >= 4 is 67.0 Å². The van der Waals surface area contributed by atoms with Crippen LogP contribution in [0.1, 0.15) is 11.1 Å². The SMILES string of the molecule is FC(F)(F)c1cc(-c2nc3c(-c4nccs4)c4nsnc4c(-c4nccs4)c3s2)cc(C(F)(F)F)c1. The molecule has 15 heteroatoms. The molecule has 0 amide bonds. The van der Waals surface area contributed by atoms with E-state index in [1.807, 2.05) is 0 Å². The maximum atomic E-state index is 13.5. The molecule has 6 aromatic rings. The Kier molecular flexibility index (Phi) is 5.37. The lowest BCUT2D eigenvalue weighted by molar-refractivity contribution is -0.143. The molecule has 4 heterocycles. The van der Waals surface area contributed by atoms with E-state index in [1.54, 1.807) is 23.2 Å². The molecule has 182 valence electrons. The fraction of sp³-hybridized carbons (Fsp3) is 0.0952. The lowest BCUT2D eigenvalue weighted by Crippen LogP contribution is -2.11. The normalized spacial score (nSPS) is 12.7. The van der Waals surface area contributed by atoms with Gasteiger partial charge in [-0.15, -0.1) is 34.0 Å². The second kappa shape index (κ2) is 8.26. The van der Waals surface area contributed by atoms with Crippen molar-refractivity contribution < 1.29 is 26.3 Å². The highest BCUT2D eigenvalue weighted by Gasteiger charge is 2.37. The Bertz CT molecular complexity index is 1600. The number of benzene rings is 2. The summed E-state index contributed by atoms with van der Waals surface area (Å²) in [5.74, 6) is 0. The number of hydrogen-bond acceptors (Lipinski definition) is 9. The van der Waals surface area contributed by atoms with Gasteiger partial charge in [0.25, 0.3) is 0 Å². The van der Waals surface area contributed by atoms with Crippen LogP contribution >= 0.6 is 45.7 Å². The number of fused-ring (bicyclic) bond motifs is 2. The minimum absolute atomic E-state index is 0.00598. The van der Waals surface area contributed by atoms with E-state index in [2.05, 4.69) is 23.7 Å². The predicted octanol–water partition coefficient (Wildman–Crippen LogP) is 8.25. The van der Waals surface area contributed by atoms with Crippen molar-refractivity contribution in [1.82, 2.24) is 23.7 Å². The van der Waals surface area contributed by atoms with Crippen LogP contribution in [-0.2, 0) is 12.4 Å². The van der Waals surface area contributed by atoms with E-state index in [1.165, 1.54) is 22.7 Å². The van der Waals surface area contributed by atoms with E-state index in [4.69, 9.17) is 0 Å². The predicted molar refractivity (Wildman–Crippen MR) is 128 cm³/mol. The van der Waals surface area contributed by atoms with Crippen molar-refractivity contribution in [3.63, 3.8) is 0 Å². The maximum absolute atomic E-state index is 13.5. The minimum Gasteiger partial charge on any atom is -0.244 e. The molecule has 0 aliphatic carbocycles. The maximum Gasteiger partial charge on any atom is 0.416 e. The summed E-state index contributed by atoms with van der Waals surface area (Å²) in [5.41, 5.74) is -0.636. The summed E-state index contributed by atoms with van der Waals surface area (Å²) in [6.07, 6.45) is -6.76. The van der Waals surface area contributed by atoms with Gasteiger partial charge in [0.2, 0.25) is 0 Å². The third-order valence-corrected chi connectivity index (χ3v) is 8.41. The van der Waals surface area contributed by atoms with Gasteiger partial charge in [0.15, 0.2) is 0 Å². The van der Waals surface area contributed by atoms with E-state index in [0.29, 0.717) is 54.5 Å².